The first-order valence-electron chi connectivity index (χ1n) is 7.93. The lowest BCUT2D eigenvalue weighted by molar-refractivity contribution is 0.0600. The monoisotopic (exact) mass is 342 g/mol. The highest BCUT2D eigenvalue weighted by molar-refractivity contribution is 5.92. The molecule has 0 aliphatic rings. The molecular weight excluding hydrogens is 320 g/mol. The molecule has 0 unspecified atom stereocenters. The van der Waals surface area contributed by atoms with Gasteiger partial charge in [-0.05, 0) is 49.2 Å². The molecule has 2 rings (SSSR count). The van der Waals surface area contributed by atoms with Crippen molar-refractivity contribution in [2.45, 2.75) is 13.8 Å². The van der Waals surface area contributed by atoms with Crippen LogP contribution in [0.1, 0.15) is 21.5 Å². The molecule has 2 aromatic rings. The predicted molar refractivity (Wildman–Crippen MR) is 96.2 cm³/mol. The number of methoxy groups -OCH3 is 1. The average Bonchev–Trinajstić information content (AvgIpc) is 2.60. The fraction of sp³-hybridized carbons (Fsp3) is 0.263. The number of aryl methyl sites for hydroxylation is 2. The van der Waals surface area contributed by atoms with Crippen LogP contribution in [0.3, 0.4) is 0 Å². The van der Waals surface area contributed by atoms with Crippen molar-refractivity contribution in [1.29, 1.82) is 0 Å². The molecule has 0 radical (unpaired) electrons. The summed E-state index contributed by atoms with van der Waals surface area (Å²) in [6, 6.07) is 12.1. The normalized spacial score (nSPS) is 10.0. The number of rotatable bonds is 6. The van der Waals surface area contributed by atoms with Crippen molar-refractivity contribution in [1.82, 2.24) is 5.32 Å². The number of ether oxygens (including phenoxy) is 2. The Hall–Kier alpha value is -3.02. The summed E-state index contributed by atoms with van der Waals surface area (Å²) in [4.78, 5) is 23.2. The number of hydrogen-bond donors (Lipinski definition) is 2. The fourth-order valence-corrected chi connectivity index (χ4v) is 2.33. The maximum atomic E-state index is 11.9. The smallest absolute Gasteiger partial charge is 0.337 e. The van der Waals surface area contributed by atoms with Crippen LogP contribution in [0, 0.1) is 13.8 Å². The lowest BCUT2D eigenvalue weighted by Gasteiger charge is -2.12. The Morgan fingerprint density at radius 2 is 1.64 bits per heavy atom. The third-order valence-electron chi connectivity index (χ3n) is 3.61. The van der Waals surface area contributed by atoms with Gasteiger partial charge in [0.25, 0.3) is 0 Å². The van der Waals surface area contributed by atoms with Crippen molar-refractivity contribution in [2.24, 2.45) is 0 Å². The lowest BCUT2D eigenvalue weighted by atomic mass is 10.1. The van der Waals surface area contributed by atoms with Crippen molar-refractivity contribution < 1.29 is 19.1 Å². The summed E-state index contributed by atoms with van der Waals surface area (Å²) < 4.78 is 10.4. The molecule has 0 saturated heterocycles. The molecule has 6 nitrogen and oxygen atoms in total. The third-order valence-corrected chi connectivity index (χ3v) is 3.61. The first-order chi connectivity index (χ1) is 12.0. The zero-order valence-electron chi connectivity index (χ0n) is 14.6. The van der Waals surface area contributed by atoms with Crippen LogP contribution in [-0.4, -0.2) is 32.3 Å². The van der Waals surface area contributed by atoms with E-state index in [0.717, 1.165) is 16.9 Å². The fourth-order valence-electron chi connectivity index (χ4n) is 2.33. The van der Waals surface area contributed by atoms with Crippen LogP contribution < -0.4 is 15.4 Å². The Kier molecular flexibility index (Phi) is 6.39. The van der Waals surface area contributed by atoms with Crippen LogP contribution >= 0.6 is 0 Å². The number of esters is 1. The first kappa shape index (κ1) is 18.3. The van der Waals surface area contributed by atoms with Gasteiger partial charge in [0.05, 0.1) is 19.2 Å². The van der Waals surface area contributed by atoms with Crippen LogP contribution in [-0.2, 0) is 4.74 Å². The SMILES string of the molecule is COC(=O)c1ccc(NC(=O)NCCOc2c(C)cccc2C)cc1. The summed E-state index contributed by atoms with van der Waals surface area (Å²) in [7, 11) is 1.32. The van der Waals surface area contributed by atoms with Gasteiger partial charge >= 0.3 is 12.0 Å². The second kappa shape index (κ2) is 8.73. The van der Waals surface area contributed by atoms with Crippen molar-refractivity contribution >= 4 is 17.7 Å². The third kappa shape index (κ3) is 5.24. The minimum atomic E-state index is -0.417. The topological polar surface area (TPSA) is 76.7 Å². The minimum Gasteiger partial charge on any atom is -0.491 e. The Morgan fingerprint density at radius 3 is 2.24 bits per heavy atom. The van der Waals surface area contributed by atoms with E-state index in [2.05, 4.69) is 15.4 Å². The van der Waals surface area contributed by atoms with Crippen molar-refractivity contribution in [3.05, 3.63) is 59.2 Å². The summed E-state index contributed by atoms with van der Waals surface area (Å²) in [6.45, 7) is 4.72. The van der Waals surface area contributed by atoms with Gasteiger partial charge in [-0.1, -0.05) is 18.2 Å². The summed E-state index contributed by atoms with van der Waals surface area (Å²) in [5.74, 6) is 0.433. The number of hydrogen-bond acceptors (Lipinski definition) is 4. The van der Waals surface area contributed by atoms with Gasteiger partial charge in [0, 0.05) is 5.69 Å². The zero-order chi connectivity index (χ0) is 18.2. The number of urea groups is 1. The van der Waals surface area contributed by atoms with E-state index >= 15 is 0 Å². The zero-order valence-corrected chi connectivity index (χ0v) is 14.6. The van der Waals surface area contributed by atoms with E-state index < -0.39 is 5.97 Å². The summed E-state index contributed by atoms with van der Waals surface area (Å²) in [5, 5.41) is 5.41. The van der Waals surface area contributed by atoms with Crippen LogP contribution in [0.5, 0.6) is 5.75 Å². The molecule has 0 saturated carbocycles. The molecule has 0 aliphatic carbocycles. The molecule has 0 atom stereocenters. The Morgan fingerprint density at radius 1 is 1.00 bits per heavy atom. The van der Waals surface area contributed by atoms with Gasteiger partial charge in [0.2, 0.25) is 0 Å². The number of amides is 2. The Balaban J connectivity index is 1.76. The molecule has 0 fully saturated rings. The van der Waals surface area contributed by atoms with Crippen LogP contribution in [0.2, 0.25) is 0 Å². The van der Waals surface area contributed by atoms with E-state index in [9.17, 15) is 9.59 Å². The Labute approximate surface area is 147 Å². The van der Waals surface area contributed by atoms with Gasteiger partial charge in [0.1, 0.15) is 12.4 Å². The van der Waals surface area contributed by atoms with E-state index in [1.54, 1.807) is 24.3 Å². The number of para-hydroxylation sites is 1. The quantitative estimate of drug-likeness (QED) is 0.624. The number of benzene rings is 2. The number of carbonyl (C=O) groups excluding carboxylic acids is 2. The van der Waals surface area contributed by atoms with Crippen LogP contribution in [0.15, 0.2) is 42.5 Å². The van der Waals surface area contributed by atoms with Crippen LogP contribution in [0.25, 0.3) is 0 Å². The highest BCUT2D eigenvalue weighted by Gasteiger charge is 2.07. The molecule has 0 heterocycles. The largest absolute Gasteiger partial charge is 0.491 e. The van der Waals surface area contributed by atoms with Gasteiger partial charge in [-0.3, -0.25) is 0 Å². The second-order valence-electron chi connectivity index (χ2n) is 5.52. The minimum absolute atomic E-state index is 0.337. The molecule has 25 heavy (non-hydrogen) atoms. The molecule has 0 spiro atoms. The van der Waals surface area contributed by atoms with Crippen molar-refractivity contribution in [3.63, 3.8) is 0 Å². The molecule has 2 N–H and O–H groups in total. The number of carbonyl (C=O) groups is 2. The highest BCUT2D eigenvalue weighted by atomic mass is 16.5. The summed E-state index contributed by atoms with van der Waals surface area (Å²) >= 11 is 0. The van der Waals surface area contributed by atoms with E-state index in [0.29, 0.717) is 24.4 Å². The lowest BCUT2D eigenvalue weighted by Crippen LogP contribution is -2.32. The molecule has 0 aliphatic heterocycles. The summed E-state index contributed by atoms with van der Waals surface area (Å²) in [5.41, 5.74) is 3.14. The van der Waals surface area contributed by atoms with Crippen LogP contribution in [0.4, 0.5) is 10.5 Å². The standard InChI is InChI=1S/C19H22N2O4/c1-13-5-4-6-14(2)17(13)25-12-11-20-19(23)21-16-9-7-15(8-10-16)18(22)24-3/h4-10H,11-12H2,1-3H3,(H2,20,21,23). The van der Waals surface area contributed by atoms with Gasteiger partial charge in [0.15, 0.2) is 0 Å². The van der Waals surface area contributed by atoms with Crippen molar-refractivity contribution in [2.75, 3.05) is 25.6 Å². The van der Waals surface area contributed by atoms with E-state index in [1.807, 2.05) is 32.0 Å². The van der Waals surface area contributed by atoms with Gasteiger partial charge in [-0.2, -0.15) is 0 Å². The Bertz CT molecular complexity index is 721. The highest BCUT2D eigenvalue weighted by Crippen LogP contribution is 2.21. The molecule has 0 bridgehead atoms. The molecule has 2 aromatic carbocycles. The second-order valence-corrected chi connectivity index (χ2v) is 5.52. The van der Waals surface area contributed by atoms with Gasteiger partial charge < -0.3 is 20.1 Å². The predicted octanol–water partition coefficient (Wildman–Crippen LogP) is 3.29. The number of anilines is 1. The molecule has 2 amide bonds. The molecular formula is C19H22N2O4. The average molecular weight is 342 g/mol. The first-order valence-corrected chi connectivity index (χ1v) is 7.93. The molecule has 6 heteroatoms. The van der Waals surface area contributed by atoms with E-state index in [-0.39, 0.29) is 6.03 Å². The maximum Gasteiger partial charge on any atom is 0.337 e. The van der Waals surface area contributed by atoms with Gasteiger partial charge in [-0.15, -0.1) is 0 Å². The molecule has 0 aromatic heterocycles. The van der Waals surface area contributed by atoms with Crippen molar-refractivity contribution in [3.8, 4) is 5.75 Å². The summed E-state index contributed by atoms with van der Waals surface area (Å²) in [6.07, 6.45) is 0. The van der Waals surface area contributed by atoms with E-state index in [4.69, 9.17) is 4.74 Å². The van der Waals surface area contributed by atoms with Gasteiger partial charge in [-0.25, -0.2) is 9.59 Å². The molecule has 132 valence electrons. The van der Waals surface area contributed by atoms with E-state index in [1.165, 1.54) is 7.11 Å². The number of nitrogens with one attached hydrogen (secondary N) is 2. The maximum absolute atomic E-state index is 11.9.